The van der Waals surface area contributed by atoms with E-state index in [4.69, 9.17) is 22.9 Å². The van der Waals surface area contributed by atoms with E-state index < -0.39 is 26.9 Å². The Morgan fingerprint density at radius 1 is 1.43 bits per heavy atom. The molecule has 1 amide bonds. The lowest BCUT2D eigenvalue weighted by Gasteiger charge is -2.07. The Kier molecular flexibility index (Phi) is 6.34. The van der Waals surface area contributed by atoms with Crippen LogP contribution < -0.4 is 0 Å². The first-order valence-corrected chi connectivity index (χ1v) is 6.38. The predicted octanol–water partition coefficient (Wildman–Crippen LogP) is 0.786. The molecule has 0 saturated carbocycles. The van der Waals surface area contributed by atoms with E-state index >= 15 is 0 Å². The summed E-state index contributed by atoms with van der Waals surface area (Å²) >= 11 is 0. The number of nitrogens with zero attached hydrogens (tertiary/aromatic N) is 4. The van der Waals surface area contributed by atoms with E-state index in [9.17, 15) is 14.9 Å². The maximum Gasteiger partial charge on any atom is 0.473 e. The van der Waals surface area contributed by atoms with Crippen LogP contribution in [0, 0.1) is 15.5 Å². The first kappa shape index (κ1) is 18.4. The van der Waals surface area contributed by atoms with Crippen LogP contribution in [-0.4, -0.2) is 47.3 Å². The molecule has 0 aromatic heterocycles. The Morgan fingerprint density at radius 2 is 1.90 bits per heavy atom. The molecule has 0 aliphatic carbocycles. The molecule has 11 nitrogen and oxygen atoms in total. The van der Waals surface area contributed by atoms with Gasteiger partial charge in [-0.3, -0.25) is 19.5 Å². The summed E-state index contributed by atoms with van der Waals surface area (Å²) in [7, 11) is -1.91. The molecule has 21 heavy (non-hydrogen) atoms. The van der Waals surface area contributed by atoms with Crippen LogP contribution in [0.25, 0.3) is 4.98 Å². The summed E-state index contributed by atoms with van der Waals surface area (Å²) in [6.45, 7) is 0. The second-order valence-corrected chi connectivity index (χ2v) is 4.51. The van der Waals surface area contributed by atoms with E-state index in [1.54, 1.807) is 0 Å². The highest BCUT2D eigenvalue weighted by Crippen LogP contribution is 2.31. The number of amides is 1. The smallest absolute Gasteiger partial charge is 0.473 e. The van der Waals surface area contributed by atoms with Crippen molar-refractivity contribution in [2.24, 2.45) is 0 Å². The number of rotatable bonds is 2. The number of hydrogen-bond acceptors (Lipinski definition) is 7. The monoisotopic (exact) mass is 318 g/mol. The van der Waals surface area contributed by atoms with Gasteiger partial charge in [0.25, 0.3) is 5.91 Å². The standard InChI is InChI=1S/C9H9N4O3.H2O4S/c1-12(2)9(14)6-4-3-5-7(13(15)16)8(6)11-10;1-5(2,3)4/h3-5H,1-2H3;(H2,1,2,3,4)/q+1;/p-1. The van der Waals surface area contributed by atoms with Crippen molar-refractivity contribution in [2.45, 2.75) is 0 Å². The summed E-state index contributed by atoms with van der Waals surface area (Å²) in [6.07, 6.45) is 0. The quantitative estimate of drug-likeness (QED) is 0.274. The Morgan fingerprint density at radius 3 is 2.24 bits per heavy atom. The highest BCUT2D eigenvalue weighted by molar-refractivity contribution is 7.79. The zero-order valence-corrected chi connectivity index (χ0v) is 11.6. The lowest BCUT2D eigenvalue weighted by atomic mass is 10.1. The van der Waals surface area contributed by atoms with Gasteiger partial charge < -0.3 is 9.45 Å². The van der Waals surface area contributed by atoms with Crippen molar-refractivity contribution in [1.29, 1.82) is 5.39 Å². The molecule has 12 heteroatoms. The number of nitro benzene ring substituents is 1. The van der Waals surface area contributed by atoms with Crippen molar-refractivity contribution in [1.82, 2.24) is 4.90 Å². The van der Waals surface area contributed by atoms with Crippen LogP contribution in [0.2, 0.25) is 0 Å². The summed E-state index contributed by atoms with van der Waals surface area (Å²) in [4.78, 5) is 25.6. The van der Waals surface area contributed by atoms with E-state index in [0.717, 1.165) is 0 Å². The van der Waals surface area contributed by atoms with Gasteiger partial charge in [-0.1, -0.05) is 6.07 Å². The second-order valence-electron chi connectivity index (χ2n) is 3.66. The SMILES string of the molecule is CN(C)C(=O)c1cccc([N+](=O)[O-])c1[N+]#N.O=S(=O)([O-])O. The van der Waals surface area contributed by atoms with E-state index in [1.165, 1.54) is 37.2 Å². The Bertz CT molecular complexity index is 685. The van der Waals surface area contributed by atoms with Crippen LogP contribution in [0.5, 0.6) is 0 Å². The minimum Gasteiger partial charge on any atom is -0.726 e. The van der Waals surface area contributed by atoms with Crippen LogP contribution >= 0.6 is 0 Å². The highest BCUT2D eigenvalue weighted by atomic mass is 32.3. The molecule has 0 heterocycles. The molecular formula is C9H10N4O7S. The summed E-state index contributed by atoms with van der Waals surface area (Å²) in [6, 6.07) is 3.90. The lowest BCUT2D eigenvalue weighted by molar-refractivity contribution is -0.383. The van der Waals surface area contributed by atoms with Crippen LogP contribution in [0.4, 0.5) is 11.4 Å². The summed E-state index contributed by atoms with van der Waals surface area (Å²) in [5.74, 6) is -0.462. The van der Waals surface area contributed by atoms with Gasteiger partial charge in [-0.2, -0.15) is 0 Å². The van der Waals surface area contributed by atoms with Gasteiger partial charge in [-0.25, -0.2) is 8.42 Å². The van der Waals surface area contributed by atoms with E-state index in [2.05, 4.69) is 4.98 Å². The lowest BCUT2D eigenvalue weighted by Crippen LogP contribution is -2.21. The third-order valence-electron chi connectivity index (χ3n) is 1.95. The van der Waals surface area contributed by atoms with E-state index in [1.807, 2.05) is 0 Å². The van der Waals surface area contributed by atoms with Crippen molar-refractivity contribution < 1.29 is 27.2 Å². The fourth-order valence-corrected chi connectivity index (χ4v) is 1.20. The van der Waals surface area contributed by atoms with E-state index in [-0.39, 0.29) is 11.3 Å². The van der Waals surface area contributed by atoms with Crippen molar-refractivity contribution in [2.75, 3.05) is 14.1 Å². The molecule has 0 saturated heterocycles. The summed E-state index contributed by atoms with van der Waals surface area (Å²) in [5, 5.41) is 19.4. The van der Waals surface area contributed by atoms with Crippen molar-refractivity contribution in [3.05, 3.63) is 38.9 Å². The Hall–Kier alpha value is -2.62. The number of carbonyl (C=O) groups is 1. The van der Waals surface area contributed by atoms with Gasteiger partial charge >= 0.3 is 11.4 Å². The van der Waals surface area contributed by atoms with Crippen molar-refractivity contribution >= 4 is 27.7 Å². The van der Waals surface area contributed by atoms with Gasteiger partial charge in [0.1, 0.15) is 5.56 Å². The molecule has 114 valence electrons. The second kappa shape index (κ2) is 7.24. The van der Waals surface area contributed by atoms with Crippen LogP contribution in [0.15, 0.2) is 18.2 Å². The highest BCUT2D eigenvalue weighted by Gasteiger charge is 2.32. The number of hydrogen-bond donors (Lipinski definition) is 1. The zero-order chi connectivity index (χ0) is 16.8. The number of benzene rings is 1. The third-order valence-corrected chi connectivity index (χ3v) is 1.95. The minimum absolute atomic E-state index is 0.0123. The molecule has 0 fully saturated rings. The van der Waals surface area contributed by atoms with Gasteiger partial charge in [-0.05, 0) is 6.07 Å². The number of nitro groups is 1. The van der Waals surface area contributed by atoms with Gasteiger partial charge in [0.2, 0.25) is 15.8 Å². The topological polar surface area (TPSA) is 169 Å². The minimum atomic E-state index is -4.92. The number of carbonyl (C=O) groups excluding carboxylic acids is 1. The summed E-state index contributed by atoms with van der Waals surface area (Å²) < 4.78 is 32.8. The molecule has 0 unspecified atom stereocenters. The predicted molar refractivity (Wildman–Crippen MR) is 68.2 cm³/mol. The molecule has 0 radical (unpaired) electrons. The maximum atomic E-state index is 11.6. The fraction of sp³-hybridized carbons (Fsp3) is 0.222. The normalized spacial score (nSPS) is 9.86. The molecule has 0 aliphatic rings. The molecule has 0 atom stereocenters. The molecule has 1 N–H and O–H groups in total. The van der Waals surface area contributed by atoms with Crippen molar-refractivity contribution in [3.63, 3.8) is 0 Å². The van der Waals surface area contributed by atoms with Gasteiger partial charge in [-0.15, -0.1) is 0 Å². The molecule has 0 spiro atoms. The fourth-order valence-electron chi connectivity index (χ4n) is 1.20. The van der Waals surface area contributed by atoms with Gasteiger partial charge in [0.05, 0.1) is 4.92 Å². The van der Waals surface area contributed by atoms with Crippen LogP contribution in [0.1, 0.15) is 10.4 Å². The molecule has 1 aromatic rings. The number of diazo groups is 1. The maximum absolute atomic E-state index is 11.6. The van der Waals surface area contributed by atoms with E-state index in [0.29, 0.717) is 0 Å². The largest absolute Gasteiger partial charge is 0.726 e. The van der Waals surface area contributed by atoms with Gasteiger partial charge in [0.15, 0.2) is 4.98 Å². The molecular weight excluding hydrogens is 308 g/mol. The average Bonchev–Trinajstić information content (AvgIpc) is 2.34. The molecule has 0 bridgehead atoms. The average molecular weight is 318 g/mol. The molecule has 1 rings (SSSR count). The zero-order valence-electron chi connectivity index (χ0n) is 10.8. The summed E-state index contributed by atoms with van der Waals surface area (Å²) in [5.41, 5.74) is -0.747. The Balaban J connectivity index is 0.000000690. The van der Waals surface area contributed by atoms with Crippen LogP contribution in [-0.2, 0) is 10.4 Å². The molecule has 1 aromatic carbocycles. The van der Waals surface area contributed by atoms with Gasteiger partial charge in [0, 0.05) is 20.2 Å². The first-order chi connectivity index (χ1) is 9.49. The van der Waals surface area contributed by atoms with Crippen LogP contribution in [0.3, 0.4) is 0 Å². The molecule has 0 aliphatic heterocycles. The van der Waals surface area contributed by atoms with Crippen molar-refractivity contribution in [3.8, 4) is 0 Å². The first-order valence-electron chi connectivity index (χ1n) is 5.01. The Labute approximate surface area is 119 Å². The third kappa shape index (κ3) is 6.38.